The zero-order valence-corrected chi connectivity index (χ0v) is 10.6. The predicted octanol–water partition coefficient (Wildman–Crippen LogP) is 1.49. The fraction of sp³-hybridized carbons (Fsp3) is 1.00. The summed E-state index contributed by atoms with van der Waals surface area (Å²) in [6.45, 7) is 8.74. The molecular weight excluding hydrogens is 200 g/mol. The van der Waals surface area contributed by atoms with E-state index in [9.17, 15) is 0 Å². The summed E-state index contributed by atoms with van der Waals surface area (Å²) in [4.78, 5) is 2.59. The number of likely N-dealkylation sites (tertiary alicyclic amines) is 1. The normalized spacial score (nSPS) is 32.1. The van der Waals surface area contributed by atoms with E-state index in [1.807, 2.05) is 0 Å². The van der Waals surface area contributed by atoms with Gasteiger partial charge in [-0.15, -0.1) is 0 Å². The van der Waals surface area contributed by atoms with E-state index >= 15 is 0 Å². The summed E-state index contributed by atoms with van der Waals surface area (Å²) in [7, 11) is 0. The molecule has 0 saturated carbocycles. The maximum Gasteiger partial charge on any atom is 0.0593 e. The summed E-state index contributed by atoms with van der Waals surface area (Å²) >= 11 is 0. The van der Waals surface area contributed by atoms with E-state index in [1.54, 1.807) is 0 Å². The van der Waals surface area contributed by atoms with Crippen molar-refractivity contribution in [3.05, 3.63) is 0 Å². The molecular formula is C13H26N2O. The van der Waals surface area contributed by atoms with Crippen LogP contribution in [0.5, 0.6) is 0 Å². The Balaban J connectivity index is 1.70. The third-order valence-electron chi connectivity index (χ3n) is 3.97. The maximum atomic E-state index is 5.44. The van der Waals surface area contributed by atoms with Gasteiger partial charge in [-0.05, 0) is 51.6 Å². The number of nitrogens with one attached hydrogen (secondary N) is 1. The van der Waals surface area contributed by atoms with Crippen LogP contribution in [0.2, 0.25) is 0 Å². The van der Waals surface area contributed by atoms with Crippen LogP contribution in [-0.4, -0.2) is 50.3 Å². The lowest BCUT2D eigenvalue weighted by atomic mass is 9.90. The molecule has 0 aromatic rings. The van der Waals surface area contributed by atoms with Crippen LogP contribution < -0.4 is 5.32 Å². The van der Waals surface area contributed by atoms with E-state index < -0.39 is 0 Å². The zero-order chi connectivity index (χ0) is 11.2. The van der Waals surface area contributed by atoms with Crippen molar-refractivity contribution >= 4 is 0 Å². The van der Waals surface area contributed by atoms with Crippen molar-refractivity contribution in [2.45, 2.75) is 38.6 Å². The van der Waals surface area contributed by atoms with E-state index in [0.29, 0.717) is 0 Å². The SMILES string of the molecule is CCOCCN1CCCC(C2CCCN2)C1. The Morgan fingerprint density at radius 1 is 1.31 bits per heavy atom. The minimum Gasteiger partial charge on any atom is -0.380 e. The van der Waals surface area contributed by atoms with Crippen molar-refractivity contribution < 1.29 is 4.74 Å². The van der Waals surface area contributed by atoms with Crippen LogP contribution in [0.25, 0.3) is 0 Å². The number of nitrogens with zero attached hydrogens (tertiary/aromatic N) is 1. The molecule has 1 N–H and O–H groups in total. The molecule has 2 aliphatic heterocycles. The average Bonchev–Trinajstić information content (AvgIpc) is 2.83. The molecule has 2 rings (SSSR count). The summed E-state index contributed by atoms with van der Waals surface area (Å²) in [5.41, 5.74) is 0. The highest BCUT2D eigenvalue weighted by molar-refractivity contribution is 4.86. The van der Waals surface area contributed by atoms with Crippen LogP contribution in [-0.2, 0) is 4.74 Å². The van der Waals surface area contributed by atoms with Crippen molar-refractivity contribution in [3.63, 3.8) is 0 Å². The molecule has 2 saturated heterocycles. The molecule has 2 atom stereocenters. The molecule has 0 aromatic carbocycles. The van der Waals surface area contributed by atoms with Gasteiger partial charge in [-0.3, -0.25) is 0 Å². The smallest absolute Gasteiger partial charge is 0.0593 e. The molecule has 0 aromatic heterocycles. The van der Waals surface area contributed by atoms with Crippen LogP contribution in [0.15, 0.2) is 0 Å². The first-order chi connectivity index (χ1) is 7.90. The summed E-state index contributed by atoms with van der Waals surface area (Å²) < 4.78 is 5.44. The molecule has 2 fully saturated rings. The van der Waals surface area contributed by atoms with Gasteiger partial charge in [0.05, 0.1) is 6.61 Å². The van der Waals surface area contributed by atoms with Gasteiger partial charge >= 0.3 is 0 Å². The molecule has 0 radical (unpaired) electrons. The highest BCUT2D eigenvalue weighted by atomic mass is 16.5. The van der Waals surface area contributed by atoms with Gasteiger partial charge in [-0.2, -0.15) is 0 Å². The molecule has 2 unspecified atom stereocenters. The maximum absolute atomic E-state index is 5.44. The second-order valence-corrected chi connectivity index (χ2v) is 5.10. The molecule has 0 spiro atoms. The van der Waals surface area contributed by atoms with Gasteiger partial charge in [-0.25, -0.2) is 0 Å². The minimum absolute atomic E-state index is 0.801. The van der Waals surface area contributed by atoms with Crippen molar-refractivity contribution in [2.75, 3.05) is 39.4 Å². The Hall–Kier alpha value is -0.120. The Morgan fingerprint density at radius 3 is 3.00 bits per heavy atom. The van der Waals surface area contributed by atoms with Gasteiger partial charge in [0, 0.05) is 25.7 Å². The monoisotopic (exact) mass is 226 g/mol. The van der Waals surface area contributed by atoms with Gasteiger partial charge in [0.15, 0.2) is 0 Å². The lowest BCUT2D eigenvalue weighted by molar-refractivity contribution is 0.0854. The predicted molar refractivity (Wildman–Crippen MR) is 66.7 cm³/mol. The van der Waals surface area contributed by atoms with Gasteiger partial charge < -0.3 is 15.0 Å². The summed E-state index contributed by atoms with van der Waals surface area (Å²) in [5, 5.41) is 3.66. The highest BCUT2D eigenvalue weighted by Crippen LogP contribution is 2.24. The second kappa shape index (κ2) is 6.58. The molecule has 2 aliphatic rings. The number of hydrogen-bond acceptors (Lipinski definition) is 3. The van der Waals surface area contributed by atoms with Gasteiger partial charge in [-0.1, -0.05) is 0 Å². The summed E-state index contributed by atoms with van der Waals surface area (Å²) in [6, 6.07) is 0.801. The summed E-state index contributed by atoms with van der Waals surface area (Å²) in [5.74, 6) is 0.887. The lowest BCUT2D eigenvalue weighted by Crippen LogP contribution is -2.44. The minimum atomic E-state index is 0.801. The van der Waals surface area contributed by atoms with Gasteiger partial charge in [0.2, 0.25) is 0 Å². The van der Waals surface area contributed by atoms with Crippen LogP contribution >= 0.6 is 0 Å². The van der Waals surface area contributed by atoms with E-state index in [1.165, 1.54) is 45.3 Å². The van der Waals surface area contributed by atoms with E-state index in [0.717, 1.165) is 31.7 Å². The van der Waals surface area contributed by atoms with E-state index in [2.05, 4.69) is 17.1 Å². The lowest BCUT2D eigenvalue weighted by Gasteiger charge is -2.35. The summed E-state index contributed by atoms with van der Waals surface area (Å²) in [6.07, 6.45) is 5.56. The molecule has 0 bridgehead atoms. The number of hydrogen-bond donors (Lipinski definition) is 1. The zero-order valence-electron chi connectivity index (χ0n) is 10.6. The third-order valence-corrected chi connectivity index (χ3v) is 3.97. The highest BCUT2D eigenvalue weighted by Gasteiger charge is 2.28. The number of ether oxygens (including phenoxy) is 1. The largest absolute Gasteiger partial charge is 0.380 e. The molecule has 0 amide bonds. The first-order valence-corrected chi connectivity index (χ1v) is 6.93. The number of piperidine rings is 1. The Kier molecular flexibility index (Phi) is 5.07. The second-order valence-electron chi connectivity index (χ2n) is 5.10. The van der Waals surface area contributed by atoms with Crippen LogP contribution in [0, 0.1) is 5.92 Å². The van der Waals surface area contributed by atoms with Crippen molar-refractivity contribution in [3.8, 4) is 0 Å². The first-order valence-electron chi connectivity index (χ1n) is 6.93. The van der Waals surface area contributed by atoms with E-state index in [-0.39, 0.29) is 0 Å². The topological polar surface area (TPSA) is 24.5 Å². The average molecular weight is 226 g/mol. The first kappa shape index (κ1) is 12.3. The Morgan fingerprint density at radius 2 is 2.25 bits per heavy atom. The fourth-order valence-corrected chi connectivity index (χ4v) is 3.07. The third kappa shape index (κ3) is 3.44. The standard InChI is InChI=1S/C13H26N2O/c1-2-16-10-9-15-8-4-5-12(11-15)13-6-3-7-14-13/h12-14H,2-11H2,1H3. The van der Waals surface area contributed by atoms with Crippen LogP contribution in [0.3, 0.4) is 0 Å². The molecule has 94 valence electrons. The van der Waals surface area contributed by atoms with Gasteiger partial charge in [0.1, 0.15) is 0 Å². The van der Waals surface area contributed by atoms with Crippen LogP contribution in [0.1, 0.15) is 32.6 Å². The Labute approximate surface area is 99.5 Å². The quantitative estimate of drug-likeness (QED) is 0.719. The molecule has 2 heterocycles. The molecule has 3 nitrogen and oxygen atoms in total. The fourth-order valence-electron chi connectivity index (χ4n) is 3.07. The Bertz CT molecular complexity index is 192. The van der Waals surface area contributed by atoms with Gasteiger partial charge in [0.25, 0.3) is 0 Å². The van der Waals surface area contributed by atoms with Crippen LogP contribution in [0.4, 0.5) is 0 Å². The van der Waals surface area contributed by atoms with Crippen molar-refractivity contribution in [2.24, 2.45) is 5.92 Å². The van der Waals surface area contributed by atoms with Crippen molar-refractivity contribution in [1.29, 1.82) is 0 Å². The van der Waals surface area contributed by atoms with Crippen molar-refractivity contribution in [1.82, 2.24) is 10.2 Å². The van der Waals surface area contributed by atoms with E-state index in [4.69, 9.17) is 4.74 Å². The molecule has 3 heteroatoms. The molecule has 16 heavy (non-hydrogen) atoms. The number of rotatable bonds is 5. The molecule has 0 aliphatic carbocycles.